The number of benzene rings is 3. The van der Waals surface area contributed by atoms with Gasteiger partial charge in [-0.15, -0.1) is 0 Å². The van der Waals surface area contributed by atoms with Crippen LogP contribution in [-0.2, 0) is 11.2 Å². The second kappa shape index (κ2) is 7.77. The molecule has 28 heavy (non-hydrogen) atoms. The van der Waals surface area contributed by atoms with Crippen LogP contribution in [0.4, 0.5) is 0 Å². The Balaban J connectivity index is 1.56. The van der Waals surface area contributed by atoms with E-state index in [0.29, 0.717) is 17.8 Å². The average Bonchev–Trinajstić information content (AvgIpc) is 2.77. The maximum atomic E-state index is 6.35. The third kappa shape index (κ3) is 3.31. The largest absolute Gasteiger partial charge is 0.374 e. The fourth-order valence-electron chi connectivity index (χ4n) is 5.16. The fourth-order valence-corrected chi connectivity index (χ4v) is 5.16. The summed E-state index contributed by atoms with van der Waals surface area (Å²) in [7, 11) is 0. The van der Waals surface area contributed by atoms with Gasteiger partial charge in [0.25, 0.3) is 0 Å². The number of ether oxygens (including phenoxy) is 1. The summed E-state index contributed by atoms with van der Waals surface area (Å²) in [5.41, 5.74) is 5.65. The van der Waals surface area contributed by atoms with E-state index in [4.69, 9.17) is 4.74 Å². The molecule has 3 aromatic carbocycles. The SMILES string of the molecule is C(=C\[C@@H]1OCC[C@@H]2Cc3ccccc3[C@H](c3ccccc3)[C@H]21)/c1ccccc1. The molecule has 0 bridgehead atoms. The van der Waals surface area contributed by atoms with Crippen molar-refractivity contribution in [2.24, 2.45) is 11.8 Å². The van der Waals surface area contributed by atoms with Crippen LogP contribution in [0, 0.1) is 11.8 Å². The molecule has 1 saturated heterocycles. The highest BCUT2D eigenvalue weighted by Crippen LogP contribution is 2.49. The summed E-state index contributed by atoms with van der Waals surface area (Å²) in [6.07, 6.45) is 7.00. The van der Waals surface area contributed by atoms with Gasteiger partial charge in [-0.1, -0.05) is 97.1 Å². The summed E-state index contributed by atoms with van der Waals surface area (Å²) in [6, 6.07) is 30.6. The molecule has 0 radical (unpaired) electrons. The van der Waals surface area contributed by atoms with Crippen molar-refractivity contribution in [1.29, 1.82) is 0 Å². The molecule has 1 fully saturated rings. The van der Waals surface area contributed by atoms with E-state index in [-0.39, 0.29) is 6.10 Å². The van der Waals surface area contributed by atoms with Crippen LogP contribution < -0.4 is 0 Å². The van der Waals surface area contributed by atoms with Gasteiger partial charge in [-0.3, -0.25) is 0 Å². The van der Waals surface area contributed by atoms with Gasteiger partial charge in [0.2, 0.25) is 0 Å². The smallest absolute Gasteiger partial charge is 0.0799 e. The monoisotopic (exact) mass is 366 g/mol. The van der Waals surface area contributed by atoms with E-state index in [1.165, 1.54) is 28.7 Å². The molecule has 0 spiro atoms. The van der Waals surface area contributed by atoms with Crippen LogP contribution in [0.5, 0.6) is 0 Å². The Morgan fingerprint density at radius 2 is 1.50 bits per heavy atom. The first-order valence-electron chi connectivity index (χ1n) is 10.4. The molecular weight excluding hydrogens is 340 g/mol. The van der Waals surface area contributed by atoms with Gasteiger partial charge in [-0.25, -0.2) is 0 Å². The van der Waals surface area contributed by atoms with E-state index in [2.05, 4.69) is 97.1 Å². The first-order chi connectivity index (χ1) is 13.9. The second-order valence-electron chi connectivity index (χ2n) is 8.02. The third-order valence-electron chi connectivity index (χ3n) is 6.42. The van der Waals surface area contributed by atoms with Gasteiger partial charge < -0.3 is 4.74 Å². The predicted octanol–water partition coefficient (Wildman–Crippen LogP) is 6.11. The molecule has 2 aliphatic rings. The van der Waals surface area contributed by atoms with Crippen LogP contribution >= 0.6 is 0 Å². The summed E-state index contributed by atoms with van der Waals surface area (Å²) < 4.78 is 6.35. The lowest BCUT2D eigenvalue weighted by molar-refractivity contribution is -0.0392. The van der Waals surface area contributed by atoms with Crippen LogP contribution in [0.25, 0.3) is 6.08 Å². The summed E-state index contributed by atoms with van der Waals surface area (Å²) in [5, 5.41) is 0. The summed E-state index contributed by atoms with van der Waals surface area (Å²) in [5.74, 6) is 1.53. The molecule has 0 amide bonds. The Labute approximate surface area is 167 Å². The standard InChI is InChI=1S/C27H26O/c1-3-9-20(10-4-1)15-16-25-27-23(17-18-28-25)19-22-13-7-8-14-24(22)26(27)21-11-5-2-6-12-21/h1-16,23,25-27H,17-19H2/b16-15+/t23-,25+,26+,27-/m1/s1. The molecule has 1 heterocycles. The van der Waals surface area contributed by atoms with Gasteiger partial charge in [0.05, 0.1) is 6.10 Å². The molecule has 4 atom stereocenters. The van der Waals surface area contributed by atoms with Gasteiger partial charge in [0.1, 0.15) is 0 Å². The minimum Gasteiger partial charge on any atom is -0.374 e. The first-order valence-corrected chi connectivity index (χ1v) is 10.4. The second-order valence-corrected chi connectivity index (χ2v) is 8.02. The molecule has 0 unspecified atom stereocenters. The maximum Gasteiger partial charge on any atom is 0.0799 e. The third-order valence-corrected chi connectivity index (χ3v) is 6.42. The van der Waals surface area contributed by atoms with Crippen LogP contribution in [0.3, 0.4) is 0 Å². The Kier molecular flexibility index (Phi) is 4.85. The molecule has 0 saturated carbocycles. The molecule has 3 aromatic rings. The lowest BCUT2D eigenvalue weighted by atomic mass is 9.63. The lowest BCUT2D eigenvalue weighted by Gasteiger charge is -2.46. The Morgan fingerprint density at radius 3 is 2.32 bits per heavy atom. The van der Waals surface area contributed by atoms with Crippen LogP contribution in [0.15, 0.2) is 91.0 Å². The predicted molar refractivity (Wildman–Crippen MR) is 115 cm³/mol. The summed E-state index contributed by atoms with van der Waals surface area (Å²) in [4.78, 5) is 0. The molecule has 5 rings (SSSR count). The van der Waals surface area contributed by atoms with Gasteiger partial charge in [0.15, 0.2) is 0 Å². The van der Waals surface area contributed by atoms with Crippen molar-refractivity contribution in [3.8, 4) is 0 Å². The molecule has 140 valence electrons. The van der Waals surface area contributed by atoms with E-state index in [1.807, 2.05) is 0 Å². The molecule has 1 nitrogen and oxygen atoms in total. The van der Waals surface area contributed by atoms with Crippen molar-refractivity contribution in [3.05, 3.63) is 113 Å². The van der Waals surface area contributed by atoms with E-state index in [1.54, 1.807) is 0 Å². The normalized spacial score (nSPS) is 26.6. The highest BCUT2D eigenvalue weighted by molar-refractivity contribution is 5.50. The van der Waals surface area contributed by atoms with Crippen LogP contribution in [-0.4, -0.2) is 12.7 Å². The van der Waals surface area contributed by atoms with Crippen molar-refractivity contribution in [1.82, 2.24) is 0 Å². The van der Waals surface area contributed by atoms with Crippen LogP contribution in [0.1, 0.15) is 34.6 Å². The summed E-state index contributed by atoms with van der Waals surface area (Å²) in [6.45, 7) is 0.856. The molecule has 0 N–H and O–H groups in total. The van der Waals surface area contributed by atoms with Crippen molar-refractivity contribution in [3.63, 3.8) is 0 Å². The topological polar surface area (TPSA) is 9.23 Å². The minimum atomic E-state index is 0.150. The Morgan fingerprint density at radius 1 is 0.786 bits per heavy atom. The molecule has 1 heteroatoms. The number of hydrogen-bond donors (Lipinski definition) is 0. The average molecular weight is 367 g/mol. The zero-order valence-electron chi connectivity index (χ0n) is 16.1. The fraction of sp³-hybridized carbons (Fsp3) is 0.259. The Hall–Kier alpha value is -2.64. The molecule has 0 aromatic heterocycles. The minimum absolute atomic E-state index is 0.150. The quantitative estimate of drug-likeness (QED) is 0.543. The van der Waals surface area contributed by atoms with Crippen molar-refractivity contribution in [2.45, 2.75) is 24.9 Å². The summed E-state index contributed by atoms with van der Waals surface area (Å²) >= 11 is 0. The number of fused-ring (bicyclic) bond motifs is 2. The number of rotatable bonds is 3. The molecule has 1 aliphatic carbocycles. The molecule has 1 aliphatic heterocycles. The maximum absolute atomic E-state index is 6.35. The number of hydrogen-bond acceptors (Lipinski definition) is 1. The lowest BCUT2D eigenvalue weighted by Crippen LogP contribution is -2.43. The van der Waals surface area contributed by atoms with Gasteiger partial charge in [-0.05, 0) is 41.0 Å². The van der Waals surface area contributed by atoms with Gasteiger partial charge in [-0.2, -0.15) is 0 Å². The van der Waals surface area contributed by atoms with Crippen LogP contribution in [0.2, 0.25) is 0 Å². The van der Waals surface area contributed by atoms with Gasteiger partial charge in [0, 0.05) is 18.4 Å². The van der Waals surface area contributed by atoms with Crippen molar-refractivity contribution in [2.75, 3.05) is 6.61 Å². The zero-order valence-corrected chi connectivity index (χ0v) is 16.1. The Bertz CT molecular complexity index is 944. The van der Waals surface area contributed by atoms with E-state index < -0.39 is 0 Å². The highest BCUT2D eigenvalue weighted by Gasteiger charge is 2.43. The van der Waals surface area contributed by atoms with E-state index in [0.717, 1.165) is 13.0 Å². The van der Waals surface area contributed by atoms with Crippen molar-refractivity contribution >= 4 is 6.08 Å². The van der Waals surface area contributed by atoms with E-state index in [9.17, 15) is 0 Å². The van der Waals surface area contributed by atoms with E-state index >= 15 is 0 Å². The van der Waals surface area contributed by atoms with Gasteiger partial charge >= 0.3 is 0 Å². The first kappa shape index (κ1) is 17.5. The van der Waals surface area contributed by atoms with Crippen molar-refractivity contribution < 1.29 is 4.74 Å². The zero-order chi connectivity index (χ0) is 18.8. The highest BCUT2D eigenvalue weighted by atomic mass is 16.5. The molecular formula is C27H26O.